The van der Waals surface area contributed by atoms with E-state index < -0.39 is 27.8 Å². The maximum atomic E-state index is 13.0. The summed E-state index contributed by atoms with van der Waals surface area (Å²) < 4.78 is 27.4. The zero-order chi connectivity index (χ0) is 25.2. The fourth-order valence-corrected chi connectivity index (χ4v) is 6.81. The van der Waals surface area contributed by atoms with Gasteiger partial charge in [-0.2, -0.15) is 4.31 Å². The van der Waals surface area contributed by atoms with Gasteiger partial charge in [-0.15, -0.1) is 11.3 Å². The highest BCUT2D eigenvalue weighted by molar-refractivity contribution is 7.89. The van der Waals surface area contributed by atoms with Crippen molar-refractivity contribution in [2.24, 2.45) is 5.92 Å². The smallest absolute Gasteiger partial charge is 0.289 e. The van der Waals surface area contributed by atoms with Crippen molar-refractivity contribution in [3.63, 3.8) is 0 Å². The van der Waals surface area contributed by atoms with E-state index in [0.717, 1.165) is 10.6 Å². The van der Waals surface area contributed by atoms with E-state index in [0.29, 0.717) is 50.3 Å². The van der Waals surface area contributed by atoms with Crippen molar-refractivity contribution in [1.82, 2.24) is 25.5 Å². The van der Waals surface area contributed by atoms with Gasteiger partial charge in [0, 0.05) is 36.0 Å². The van der Waals surface area contributed by atoms with Gasteiger partial charge in [0.15, 0.2) is 0 Å². The third kappa shape index (κ3) is 5.66. The summed E-state index contributed by atoms with van der Waals surface area (Å²) in [5.41, 5.74) is 5.58. The summed E-state index contributed by atoms with van der Waals surface area (Å²) in [4.78, 5) is 41.0. The predicted molar refractivity (Wildman–Crippen MR) is 130 cm³/mol. The molecule has 3 amide bonds. The number of thiazole rings is 1. The van der Waals surface area contributed by atoms with Crippen LogP contribution in [0.15, 0.2) is 28.5 Å². The number of sulfonamides is 1. The highest BCUT2D eigenvalue weighted by Gasteiger charge is 2.32. The Balaban J connectivity index is 1.31. The third-order valence-corrected chi connectivity index (χ3v) is 9.55. The number of halogens is 1. The minimum absolute atomic E-state index is 0.0233. The number of hydrazine groups is 1. The molecule has 1 aromatic heterocycles. The number of hydrogen-bond acceptors (Lipinski definition) is 7. The highest BCUT2D eigenvalue weighted by atomic mass is 35.5. The molecule has 2 saturated heterocycles. The van der Waals surface area contributed by atoms with Gasteiger partial charge in [-0.05, 0) is 50.3 Å². The zero-order valence-corrected chi connectivity index (χ0v) is 21.4. The van der Waals surface area contributed by atoms with Crippen LogP contribution in [0.4, 0.5) is 0 Å². The molecule has 188 valence electrons. The molecule has 0 radical (unpaired) electrons. The van der Waals surface area contributed by atoms with Gasteiger partial charge in [0.1, 0.15) is 11.6 Å². The second kappa shape index (κ2) is 10.6. The maximum absolute atomic E-state index is 13.0. The summed E-state index contributed by atoms with van der Waals surface area (Å²) >= 11 is 7.43. The topological polar surface area (TPSA) is 138 Å². The van der Waals surface area contributed by atoms with Crippen LogP contribution in [-0.4, -0.2) is 55.1 Å². The van der Waals surface area contributed by atoms with Crippen molar-refractivity contribution in [2.75, 3.05) is 19.6 Å². The number of nitrogens with zero attached hydrogens (tertiary/aromatic N) is 2. The minimum atomic E-state index is -3.64. The first-order chi connectivity index (χ1) is 16.7. The molecule has 3 N–H and O–H groups in total. The van der Waals surface area contributed by atoms with E-state index in [-0.39, 0.29) is 22.4 Å². The van der Waals surface area contributed by atoms with Crippen molar-refractivity contribution in [1.29, 1.82) is 0 Å². The molecule has 13 heteroatoms. The summed E-state index contributed by atoms with van der Waals surface area (Å²) in [7, 11) is -3.64. The number of carbonyl (C=O) groups is 3. The molecule has 1 aromatic carbocycles. The highest BCUT2D eigenvalue weighted by Crippen LogP contribution is 2.33. The van der Waals surface area contributed by atoms with E-state index in [4.69, 9.17) is 11.6 Å². The van der Waals surface area contributed by atoms with Crippen LogP contribution in [0.2, 0.25) is 5.02 Å². The van der Waals surface area contributed by atoms with Crippen molar-refractivity contribution in [2.45, 2.75) is 43.4 Å². The fourth-order valence-electron chi connectivity index (χ4n) is 4.10. The largest absolute Gasteiger partial charge is 0.355 e. The average molecular weight is 540 g/mol. The number of rotatable bonds is 5. The number of aromatic nitrogens is 1. The molecule has 0 spiro atoms. The van der Waals surface area contributed by atoms with Crippen LogP contribution in [0.1, 0.15) is 52.7 Å². The number of piperidine rings is 2. The molecule has 0 bridgehead atoms. The third-order valence-electron chi connectivity index (χ3n) is 6.24. The van der Waals surface area contributed by atoms with Crippen molar-refractivity contribution in [3.8, 4) is 0 Å². The van der Waals surface area contributed by atoms with Crippen LogP contribution in [-0.2, 0) is 19.6 Å². The Morgan fingerprint density at radius 3 is 2.63 bits per heavy atom. The molecule has 3 heterocycles. The molecule has 10 nitrogen and oxygen atoms in total. The van der Waals surface area contributed by atoms with Gasteiger partial charge in [-0.1, -0.05) is 17.7 Å². The van der Waals surface area contributed by atoms with Crippen LogP contribution >= 0.6 is 22.9 Å². The summed E-state index contributed by atoms with van der Waals surface area (Å²) in [5.74, 6) is -2.29. The summed E-state index contributed by atoms with van der Waals surface area (Å²) in [6.45, 7) is 3.02. The first-order valence-corrected chi connectivity index (χ1v) is 14.0. The monoisotopic (exact) mass is 539 g/mol. The van der Waals surface area contributed by atoms with E-state index in [1.54, 1.807) is 17.5 Å². The van der Waals surface area contributed by atoms with Crippen molar-refractivity contribution in [3.05, 3.63) is 44.9 Å². The lowest BCUT2D eigenvalue weighted by molar-refractivity contribution is -0.137. The molecule has 2 fully saturated rings. The van der Waals surface area contributed by atoms with E-state index in [9.17, 15) is 22.8 Å². The first kappa shape index (κ1) is 25.5. The standard InChI is InChI=1S/C22H26ClN5O5S2/c1-13-4-5-15(11-17(13)23)35(32,33)28-9-6-14(7-10-28)22-25-18(12-34-22)21(31)27-26-20(30)16-3-2-8-24-19(16)29/h4-5,11-12,14,16H,2-3,6-10H2,1H3,(H,24,29)(H,26,30)(H,27,31). The maximum Gasteiger partial charge on any atom is 0.289 e. The number of benzene rings is 1. The SMILES string of the molecule is Cc1ccc(S(=O)(=O)N2CCC(c3nc(C(=O)NNC(=O)C4CCCNC4=O)cs3)CC2)cc1Cl. The molecule has 35 heavy (non-hydrogen) atoms. The van der Waals surface area contributed by atoms with Crippen LogP contribution in [0, 0.1) is 12.8 Å². The molecule has 1 atom stereocenters. The first-order valence-electron chi connectivity index (χ1n) is 11.3. The van der Waals surface area contributed by atoms with Gasteiger partial charge in [0.2, 0.25) is 15.9 Å². The minimum Gasteiger partial charge on any atom is -0.355 e. The number of nitrogens with one attached hydrogen (secondary N) is 3. The number of carbonyl (C=O) groups excluding carboxylic acids is 3. The molecule has 2 aliphatic heterocycles. The van der Waals surface area contributed by atoms with E-state index in [2.05, 4.69) is 21.2 Å². The Labute approximate surface area is 212 Å². The number of aryl methyl sites for hydroxylation is 1. The van der Waals surface area contributed by atoms with Gasteiger partial charge >= 0.3 is 0 Å². The number of hydrogen-bond donors (Lipinski definition) is 3. The Kier molecular flexibility index (Phi) is 7.74. The molecule has 0 aliphatic carbocycles. The second-order valence-corrected chi connectivity index (χ2v) is 11.8. The summed E-state index contributed by atoms with van der Waals surface area (Å²) in [6.07, 6.45) is 2.27. The molecule has 2 aromatic rings. The van der Waals surface area contributed by atoms with Crippen LogP contribution < -0.4 is 16.2 Å². The lowest BCUT2D eigenvalue weighted by Gasteiger charge is -2.30. The summed E-state index contributed by atoms with van der Waals surface area (Å²) in [5, 5.41) is 5.38. The molecular weight excluding hydrogens is 514 g/mol. The molecule has 2 aliphatic rings. The van der Waals surface area contributed by atoms with Crippen LogP contribution in [0.5, 0.6) is 0 Å². The Bertz CT molecular complexity index is 1240. The average Bonchev–Trinajstić information content (AvgIpc) is 3.35. The van der Waals surface area contributed by atoms with Crippen LogP contribution in [0.3, 0.4) is 0 Å². The predicted octanol–water partition coefficient (Wildman–Crippen LogP) is 1.96. The lowest BCUT2D eigenvalue weighted by Crippen LogP contribution is -2.50. The summed E-state index contributed by atoms with van der Waals surface area (Å²) in [6, 6.07) is 4.73. The van der Waals surface area contributed by atoms with Gasteiger partial charge < -0.3 is 5.32 Å². The quantitative estimate of drug-likeness (QED) is 0.392. The Morgan fingerprint density at radius 2 is 1.94 bits per heavy atom. The lowest BCUT2D eigenvalue weighted by atomic mass is 9.98. The Hall–Kier alpha value is -2.54. The zero-order valence-electron chi connectivity index (χ0n) is 19.0. The van der Waals surface area contributed by atoms with E-state index in [1.807, 2.05) is 6.92 Å². The Morgan fingerprint density at radius 1 is 1.20 bits per heavy atom. The molecular formula is C22H26ClN5O5S2. The number of amides is 3. The van der Waals surface area contributed by atoms with Gasteiger partial charge in [0.25, 0.3) is 11.8 Å². The normalized spacial score (nSPS) is 19.7. The van der Waals surface area contributed by atoms with Crippen LogP contribution in [0.25, 0.3) is 0 Å². The molecule has 4 rings (SSSR count). The fraction of sp³-hybridized carbons (Fsp3) is 0.455. The van der Waals surface area contributed by atoms with Crippen molar-refractivity contribution < 1.29 is 22.8 Å². The van der Waals surface area contributed by atoms with Gasteiger partial charge in [0.05, 0.1) is 9.90 Å². The van der Waals surface area contributed by atoms with Gasteiger partial charge in [-0.3, -0.25) is 25.2 Å². The second-order valence-electron chi connectivity index (χ2n) is 8.59. The van der Waals surface area contributed by atoms with E-state index >= 15 is 0 Å². The van der Waals surface area contributed by atoms with E-state index in [1.165, 1.54) is 21.7 Å². The van der Waals surface area contributed by atoms with Crippen molar-refractivity contribution >= 4 is 50.7 Å². The van der Waals surface area contributed by atoms with Gasteiger partial charge in [-0.25, -0.2) is 13.4 Å². The molecule has 0 saturated carbocycles. The molecule has 1 unspecified atom stereocenters.